The van der Waals surface area contributed by atoms with Crippen molar-refractivity contribution in [3.8, 4) is 0 Å². The highest BCUT2D eigenvalue weighted by Crippen LogP contribution is 2.31. The van der Waals surface area contributed by atoms with Crippen molar-refractivity contribution in [2.45, 2.75) is 54.0 Å². The van der Waals surface area contributed by atoms with Crippen molar-refractivity contribution < 1.29 is 16.8 Å². The van der Waals surface area contributed by atoms with Crippen molar-refractivity contribution in [1.29, 1.82) is 0 Å². The van der Waals surface area contributed by atoms with Crippen LogP contribution in [0.1, 0.15) is 31.2 Å². The van der Waals surface area contributed by atoms with E-state index >= 15 is 0 Å². The van der Waals surface area contributed by atoms with Crippen molar-refractivity contribution >= 4 is 31.6 Å². The lowest BCUT2D eigenvalue weighted by Crippen LogP contribution is -2.37. The molecule has 1 saturated carbocycles. The first kappa shape index (κ1) is 20.8. The van der Waals surface area contributed by atoms with E-state index in [9.17, 15) is 16.8 Å². The molecule has 1 saturated heterocycles. The third kappa shape index (κ3) is 4.51. The second kappa shape index (κ2) is 8.00. The summed E-state index contributed by atoms with van der Waals surface area (Å²) in [5.41, 5.74) is 0.909. The lowest BCUT2D eigenvalue weighted by molar-refractivity contribution is 0.385. The Morgan fingerprint density at radius 3 is 2.41 bits per heavy atom. The molecule has 0 spiro atoms. The van der Waals surface area contributed by atoms with Crippen molar-refractivity contribution in [1.82, 2.24) is 9.03 Å². The van der Waals surface area contributed by atoms with Gasteiger partial charge in [0, 0.05) is 23.7 Å². The number of hydrogen-bond donors (Lipinski definition) is 1. The zero-order valence-corrected chi connectivity index (χ0v) is 18.2. The van der Waals surface area contributed by atoms with Crippen molar-refractivity contribution in [3.63, 3.8) is 0 Å². The molecule has 29 heavy (non-hydrogen) atoms. The van der Waals surface area contributed by atoms with Gasteiger partial charge < -0.3 is 0 Å². The number of hydrogen-bond acceptors (Lipinski definition) is 4. The number of nitrogens with one attached hydrogen (secondary N) is 1. The fourth-order valence-electron chi connectivity index (χ4n) is 3.67. The molecule has 2 aromatic carbocycles. The molecular formula is C20H23ClN2O4S2. The highest BCUT2D eigenvalue weighted by Gasteiger charge is 2.36. The Bertz CT molecular complexity index is 1110. The van der Waals surface area contributed by atoms with Crippen LogP contribution in [0.3, 0.4) is 0 Å². The van der Waals surface area contributed by atoms with Gasteiger partial charge in [-0.2, -0.15) is 4.31 Å². The molecule has 1 N–H and O–H groups in total. The molecule has 1 heterocycles. The van der Waals surface area contributed by atoms with Crippen LogP contribution in [0.15, 0.2) is 58.3 Å². The van der Waals surface area contributed by atoms with Gasteiger partial charge in [-0.25, -0.2) is 21.6 Å². The van der Waals surface area contributed by atoms with E-state index in [0.29, 0.717) is 18.0 Å². The van der Waals surface area contributed by atoms with Crippen LogP contribution in [0.4, 0.5) is 0 Å². The molecule has 1 unspecified atom stereocenters. The van der Waals surface area contributed by atoms with Crippen LogP contribution >= 0.6 is 11.6 Å². The lowest BCUT2D eigenvalue weighted by atomic mass is 10.0. The summed E-state index contributed by atoms with van der Waals surface area (Å²) in [5.74, 6) is 0. The van der Waals surface area contributed by atoms with Gasteiger partial charge in [-0.3, -0.25) is 0 Å². The summed E-state index contributed by atoms with van der Waals surface area (Å²) in [4.78, 5) is -0.0189. The van der Waals surface area contributed by atoms with Gasteiger partial charge in [-0.15, -0.1) is 0 Å². The fourth-order valence-corrected chi connectivity index (χ4v) is 7.05. The molecule has 2 aliphatic rings. The molecule has 156 valence electrons. The van der Waals surface area contributed by atoms with E-state index in [1.54, 1.807) is 6.07 Å². The topological polar surface area (TPSA) is 83.5 Å². The van der Waals surface area contributed by atoms with Gasteiger partial charge in [0.1, 0.15) is 0 Å². The zero-order chi connectivity index (χ0) is 20.6. The Morgan fingerprint density at radius 2 is 1.69 bits per heavy atom. The van der Waals surface area contributed by atoms with Gasteiger partial charge in [-0.1, -0.05) is 35.9 Å². The van der Waals surface area contributed by atoms with Crippen LogP contribution in [-0.2, 0) is 26.5 Å². The van der Waals surface area contributed by atoms with Gasteiger partial charge in [0.2, 0.25) is 20.0 Å². The molecule has 1 aliphatic carbocycles. The van der Waals surface area contributed by atoms with Gasteiger partial charge >= 0.3 is 0 Å². The van der Waals surface area contributed by atoms with Crippen LogP contribution in [-0.4, -0.2) is 39.8 Å². The molecule has 2 fully saturated rings. The van der Waals surface area contributed by atoms with Crippen LogP contribution in [0.25, 0.3) is 0 Å². The first-order valence-corrected chi connectivity index (χ1v) is 13.0. The first-order valence-electron chi connectivity index (χ1n) is 9.65. The SMILES string of the molecule is O=S(=O)(NC1CC1)c1cccc(S(=O)(=O)N2CCCC2Cc2ccccc2Cl)c1. The number of halogens is 1. The Balaban J connectivity index is 1.60. The first-order chi connectivity index (χ1) is 13.8. The van der Waals surface area contributed by atoms with E-state index in [2.05, 4.69) is 4.72 Å². The molecule has 0 amide bonds. The Hall–Kier alpha value is -1.45. The standard InChI is InChI=1S/C20H23ClN2O4S2/c21-20-9-2-1-5-15(20)13-17-6-4-12-23(17)29(26,27)19-8-3-7-18(14-19)28(24,25)22-16-10-11-16/h1-3,5,7-9,14,16-17,22H,4,6,10-13H2. The van der Waals surface area contributed by atoms with Gasteiger partial charge in [0.05, 0.1) is 9.79 Å². The maximum absolute atomic E-state index is 13.3. The van der Waals surface area contributed by atoms with Crippen LogP contribution in [0, 0.1) is 0 Å². The van der Waals surface area contributed by atoms with Crippen molar-refractivity contribution in [2.24, 2.45) is 0 Å². The normalized spacial score (nSPS) is 20.8. The number of nitrogens with zero attached hydrogens (tertiary/aromatic N) is 1. The predicted molar refractivity (Wildman–Crippen MR) is 112 cm³/mol. The fraction of sp³-hybridized carbons (Fsp3) is 0.400. The van der Waals surface area contributed by atoms with Gasteiger partial charge in [0.25, 0.3) is 0 Å². The number of rotatable bonds is 7. The van der Waals surface area contributed by atoms with E-state index in [-0.39, 0.29) is 21.9 Å². The molecule has 4 rings (SSSR count). The van der Waals surface area contributed by atoms with E-state index in [0.717, 1.165) is 31.2 Å². The second-order valence-corrected chi connectivity index (χ2v) is 11.6. The van der Waals surface area contributed by atoms with Crippen molar-refractivity contribution in [3.05, 3.63) is 59.1 Å². The highest BCUT2D eigenvalue weighted by molar-refractivity contribution is 7.90. The zero-order valence-electron chi connectivity index (χ0n) is 15.8. The Labute approximate surface area is 177 Å². The maximum atomic E-state index is 13.3. The third-order valence-corrected chi connectivity index (χ3v) is 9.19. The lowest BCUT2D eigenvalue weighted by Gasteiger charge is -2.24. The minimum absolute atomic E-state index is 0.00207. The summed E-state index contributed by atoms with van der Waals surface area (Å²) in [6.07, 6.45) is 3.66. The van der Waals surface area contributed by atoms with Crippen molar-refractivity contribution in [2.75, 3.05) is 6.54 Å². The number of benzene rings is 2. The predicted octanol–water partition coefficient (Wildman–Crippen LogP) is 3.18. The molecule has 0 bridgehead atoms. The number of sulfonamides is 2. The third-order valence-electron chi connectivity index (χ3n) is 5.36. The second-order valence-electron chi connectivity index (χ2n) is 7.58. The molecule has 9 heteroatoms. The van der Waals surface area contributed by atoms with Gasteiger partial charge in [0.15, 0.2) is 0 Å². The molecule has 2 aromatic rings. The summed E-state index contributed by atoms with van der Waals surface area (Å²) in [5, 5.41) is 0.621. The minimum atomic E-state index is -3.82. The average Bonchev–Trinajstić information content (AvgIpc) is 3.36. The quantitative estimate of drug-likeness (QED) is 0.696. The van der Waals surface area contributed by atoms with Crippen LogP contribution < -0.4 is 4.72 Å². The van der Waals surface area contributed by atoms with Crippen LogP contribution in [0.2, 0.25) is 5.02 Å². The Kier molecular flexibility index (Phi) is 5.74. The van der Waals surface area contributed by atoms with Crippen LogP contribution in [0.5, 0.6) is 0 Å². The molecular weight excluding hydrogens is 432 g/mol. The van der Waals surface area contributed by atoms with E-state index in [1.165, 1.54) is 28.6 Å². The summed E-state index contributed by atoms with van der Waals surface area (Å²) < 4.78 is 55.7. The largest absolute Gasteiger partial charge is 0.243 e. The molecule has 6 nitrogen and oxygen atoms in total. The summed E-state index contributed by atoms with van der Waals surface area (Å²) >= 11 is 6.26. The van der Waals surface area contributed by atoms with Gasteiger partial charge in [-0.05, 0) is 61.9 Å². The van der Waals surface area contributed by atoms with E-state index < -0.39 is 20.0 Å². The molecule has 0 radical (unpaired) electrons. The summed E-state index contributed by atoms with van der Waals surface area (Å²) in [6.45, 7) is 0.411. The molecule has 0 aromatic heterocycles. The Morgan fingerprint density at radius 1 is 0.966 bits per heavy atom. The monoisotopic (exact) mass is 454 g/mol. The summed E-state index contributed by atoms with van der Waals surface area (Å²) in [6, 6.07) is 12.8. The molecule has 1 aliphatic heterocycles. The highest BCUT2D eigenvalue weighted by atomic mass is 35.5. The summed E-state index contributed by atoms with van der Waals surface area (Å²) in [7, 11) is -7.54. The van der Waals surface area contributed by atoms with E-state index in [1.807, 2.05) is 18.2 Å². The average molecular weight is 455 g/mol. The minimum Gasteiger partial charge on any atom is -0.208 e. The maximum Gasteiger partial charge on any atom is 0.243 e. The van der Waals surface area contributed by atoms with E-state index in [4.69, 9.17) is 11.6 Å². The smallest absolute Gasteiger partial charge is 0.208 e. The molecule has 1 atom stereocenters.